The van der Waals surface area contributed by atoms with E-state index in [4.69, 9.17) is 0 Å². The molecule has 3 aliphatic rings. The second-order valence-electron chi connectivity index (χ2n) is 8.80. The molecular formula is C21H23N7O2. The lowest BCUT2D eigenvalue weighted by atomic mass is 9.89. The first-order valence-corrected chi connectivity index (χ1v) is 10.6. The maximum Gasteiger partial charge on any atom is 0.268 e. The van der Waals surface area contributed by atoms with E-state index in [9.17, 15) is 9.59 Å². The Balaban J connectivity index is 1.18. The number of carbonyl (C=O) groups is 2. The summed E-state index contributed by atoms with van der Waals surface area (Å²) in [6.07, 6.45) is 10.6. The number of H-pyrrole nitrogens is 2. The number of carbonyl (C=O) groups excluding carboxylic acids is 2. The number of fused-ring (bicyclic) bond motifs is 4. The Morgan fingerprint density at radius 3 is 2.80 bits per heavy atom. The van der Waals surface area contributed by atoms with Crippen molar-refractivity contribution in [3.05, 3.63) is 41.7 Å². The van der Waals surface area contributed by atoms with Crippen molar-refractivity contribution in [2.24, 2.45) is 5.92 Å². The van der Waals surface area contributed by atoms with Crippen LogP contribution in [0.3, 0.4) is 0 Å². The van der Waals surface area contributed by atoms with Gasteiger partial charge in [0, 0.05) is 23.7 Å². The number of nitrogens with zero attached hydrogens (tertiary/aromatic N) is 3. The van der Waals surface area contributed by atoms with Gasteiger partial charge in [0.15, 0.2) is 0 Å². The molecule has 3 heterocycles. The molecule has 0 unspecified atom stereocenters. The van der Waals surface area contributed by atoms with Gasteiger partial charge in [-0.1, -0.05) is 12.8 Å². The summed E-state index contributed by atoms with van der Waals surface area (Å²) >= 11 is 0. The first-order chi connectivity index (χ1) is 14.6. The third kappa shape index (κ3) is 2.57. The van der Waals surface area contributed by atoms with E-state index in [0.29, 0.717) is 17.3 Å². The number of hydrogen-bond donors (Lipinski definition) is 4. The Hall–Kier alpha value is -3.23. The van der Waals surface area contributed by atoms with Gasteiger partial charge in [0.1, 0.15) is 17.7 Å². The van der Waals surface area contributed by atoms with E-state index in [2.05, 4.69) is 35.8 Å². The second kappa shape index (κ2) is 6.38. The minimum Gasteiger partial charge on any atom is -0.350 e. The maximum atomic E-state index is 13.3. The van der Waals surface area contributed by atoms with Gasteiger partial charge in [0.05, 0.1) is 17.3 Å². The lowest BCUT2D eigenvalue weighted by molar-refractivity contribution is -0.125. The van der Waals surface area contributed by atoms with Crippen molar-refractivity contribution in [3.63, 3.8) is 0 Å². The number of aromatic nitrogens is 5. The van der Waals surface area contributed by atoms with Crippen molar-refractivity contribution in [1.29, 1.82) is 0 Å². The second-order valence-corrected chi connectivity index (χ2v) is 8.80. The van der Waals surface area contributed by atoms with E-state index in [1.165, 1.54) is 6.33 Å². The Kier molecular flexibility index (Phi) is 3.75. The van der Waals surface area contributed by atoms with Crippen LogP contribution >= 0.6 is 0 Å². The van der Waals surface area contributed by atoms with E-state index in [1.807, 2.05) is 6.20 Å². The zero-order valence-electron chi connectivity index (χ0n) is 16.4. The molecule has 9 nitrogen and oxygen atoms in total. The molecule has 0 aliphatic heterocycles. The van der Waals surface area contributed by atoms with Crippen LogP contribution < -0.4 is 10.6 Å². The molecule has 0 aromatic carbocycles. The highest BCUT2D eigenvalue weighted by Gasteiger charge is 2.66. The summed E-state index contributed by atoms with van der Waals surface area (Å²) < 4.78 is 0. The van der Waals surface area contributed by atoms with Crippen molar-refractivity contribution in [1.82, 2.24) is 35.8 Å². The molecule has 0 radical (unpaired) electrons. The normalized spacial score (nSPS) is 29.3. The molecule has 2 fully saturated rings. The molecule has 3 aromatic heterocycles. The third-order valence-electron chi connectivity index (χ3n) is 7.08. The summed E-state index contributed by atoms with van der Waals surface area (Å²) in [5.41, 5.74) is 2.81. The van der Waals surface area contributed by atoms with Crippen molar-refractivity contribution in [3.8, 4) is 0 Å². The van der Waals surface area contributed by atoms with Crippen LogP contribution in [-0.2, 0) is 16.6 Å². The Bertz CT molecular complexity index is 1120. The molecule has 3 aliphatic carbocycles. The number of amides is 2. The fraction of sp³-hybridized carbons (Fsp3) is 0.476. The van der Waals surface area contributed by atoms with Gasteiger partial charge in [-0.25, -0.2) is 9.97 Å². The van der Waals surface area contributed by atoms with E-state index in [-0.39, 0.29) is 23.9 Å². The van der Waals surface area contributed by atoms with Gasteiger partial charge in [-0.3, -0.25) is 14.7 Å². The predicted octanol–water partition coefficient (Wildman–Crippen LogP) is 1.35. The average molecular weight is 405 g/mol. The molecule has 0 bridgehead atoms. The molecule has 2 amide bonds. The monoisotopic (exact) mass is 405 g/mol. The van der Waals surface area contributed by atoms with Gasteiger partial charge >= 0.3 is 0 Å². The zero-order chi connectivity index (χ0) is 20.3. The zero-order valence-corrected chi connectivity index (χ0v) is 16.4. The van der Waals surface area contributed by atoms with Crippen molar-refractivity contribution < 1.29 is 9.59 Å². The summed E-state index contributed by atoms with van der Waals surface area (Å²) in [5.74, 6) is 0.270. The highest BCUT2D eigenvalue weighted by molar-refractivity contribution is 5.97. The van der Waals surface area contributed by atoms with Gasteiger partial charge < -0.3 is 15.6 Å². The van der Waals surface area contributed by atoms with Gasteiger partial charge in [0.25, 0.3) is 5.91 Å². The molecule has 4 N–H and O–H groups in total. The molecule has 9 heteroatoms. The molecule has 30 heavy (non-hydrogen) atoms. The first-order valence-electron chi connectivity index (χ1n) is 10.6. The van der Waals surface area contributed by atoms with Crippen LogP contribution in [0.15, 0.2) is 24.8 Å². The van der Waals surface area contributed by atoms with Crippen LogP contribution in [0.4, 0.5) is 0 Å². The van der Waals surface area contributed by atoms with Gasteiger partial charge in [-0.15, -0.1) is 0 Å². The minimum absolute atomic E-state index is 0.0676. The first kappa shape index (κ1) is 17.6. The number of hydrogen-bond acceptors (Lipinski definition) is 5. The fourth-order valence-electron chi connectivity index (χ4n) is 5.40. The van der Waals surface area contributed by atoms with E-state index >= 15 is 0 Å². The summed E-state index contributed by atoms with van der Waals surface area (Å²) in [4.78, 5) is 37.3. The highest BCUT2D eigenvalue weighted by Crippen LogP contribution is 2.61. The van der Waals surface area contributed by atoms with Crippen LogP contribution in [0.5, 0.6) is 0 Å². The molecule has 2 saturated carbocycles. The maximum absolute atomic E-state index is 13.3. The third-order valence-corrected chi connectivity index (χ3v) is 7.08. The molecule has 3 aromatic rings. The fourth-order valence-corrected chi connectivity index (χ4v) is 5.40. The molecule has 154 valence electrons. The van der Waals surface area contributed by atoms with Crippen LogP contribution in [0, 0.1) is 5.92 Å². The number of aromatic amines is 2. The van der Waals surface area contributed by atoms with Gasteiger partial charge in [-0.05, 0) is 43.2 Å². The topological polar surface area (TPSA) is 128 Å². The summed E-state index contributed by atoms with van der Waals surface area (Å²) in [7, 11) is 0. The summed E-state index contributed by atoms with van der Waals surface area (Å²) in [5, 5.41) is 14.4. The minimum atomic E-state index is -0.437. The SMILES string of the molecule is O=C(N[C@H]1CCCC[C@@H]1NC(=O)[C@]12C[C@H]1Cc1cn[nH]c12)c1cc2cncnc2[nH]1. The molecule has 0 saturated heterocycles. The van der Waals surface area contributed by atoms with E-state index in [1.54, 1.807) is 12.3 Å². The average Bonchev–Trinajstić information content (AvgIpc) is 3.10. The summed E-state index contributed by atoms with van der Waals surface area (Å²) in [6, 6.07) is 1.60. The predicted molar refractivity (Wildman–Crippen MR) is 108 cm³/mol. The Morgan fingerprint density at radius 2 is 1.97 bits per heavy atom. The Morgan fingerprint density at radius 1 is 1.13 bits per heavy atom. The number of rotatable bonds is 4. The molecular weight excluding hydrogens is 382 g/mol. The lowest BCUT2D eigenvalue weighted by Crippen LogP contribution is -2.55. The van der Waals surface area contributed by atoms with Gasteiger partial charge in [0.2, 0.25) is 5.91 Å². The molecule has 4 atom stereocenters. The molecule has 0 spiro atoms. The van der Waals surface area contributed by atoms with Crippen LogP contribution in [0.2, 0.25) is 0 Å². The van der Waals surface area contributed by atoms with Crippen molar-refractivity contribution in [2.45, 2.75) is 56.0 Å². The van der Waals surface area contributed by atoms with Crippen LogP contribution in [0.25, 0.3) is 11.0 Å². The largest absolute Gasteiger partial charge is 0.350 e. The quantitative estimate of drug-likeness (QED) is 0.521. The Labute approximate surface area is 172 Å². The van der Waals surface area contributed by atoms with Gasteiger partial charge in [-0.2, -0.15) is 5.10 Å². The smallest absolute Gasteiger partial charge is 0.268 e. The van der Waals surface area contributed by atoms with E-state index in [0.717, 1.165) is 55.2 Å². The summed E-state index contributed by atoms with van der Waals surface area (Å²) in [6.45, 7) is 0. The van der Waals surface area contributed by atoms with Crippen molar-refractivity contribution >= 4 is 22.8 Å². The van der Waals surface area contributed by atoms with E-state index < -0.39 is 5.41 Å². The van der Waals surface area contributed by atoms with Crippen LogP contribution in [0.1, 0.15) is 53.8 Å². The van der Waals surface area contributed by atoms with Crippen molar-refractivity contribution in [2.75, 3.05) is 0 Å². The van der Waals surface area contributed by atoms with Crippen LogP contribution in [-0.4, -0.2) is 49.0 Å². The highest BCUT2D eigenvalue weighted by atomic mass is 16.2. The molecule has 6 rings (SSSR count). The number of nitrogens with one attached hydrogen (secondary N) is 4. The standard InChI is InChI=1S/C21H23N7O2/c29-19(16-6-12-8-22-10-23-18(12)25-16)26-14-3-1-2-4-15(14)27-20(30)21-7-13(21)5-11-9-24-28-17(11)21/h6,8-10,13-15H,1-5,7H2,(H,24,28)(H,26,29)(H,27,30)(H,22,23,25)/t13-,14+,15+,21-/m1/s1. The lowest BCUT2D eigenvalue weighted by Gasteiger charge is -2.33.